The molecule has 0 spiro atoms. The van der Waals surface area contributed by atoms with Gasteiger partial charge in [0.2, 0.25) is 0 Å². The first-order valence-electron chi connectivity index (χ1n) is 8.66. The molecule has 7 heteroatoms. The fourth-order valence-electron chi connectivity index (χ4n) is 3.22. The molecule has 0 unspecified atom stereocenters. The molecule has 1 aliphatic heterocycles. The van der Waals surface area contributed by atoms with Crippen LogP contribution in [0.1, 0.15) is 17.4 Å². The van der Waals surface area contributed by atoms with Crippen molar-refractivity contribution in [2.75, 3.05) is 30.5 Å². The van der Waals surface area contributed by atoms with Gasteiger partial charge in [-0.1, -0.05) is 12.1 Å². The van der Waals surface area contributed by atoms with Crippen LogP contribution in [0.15, 0.2) is 48.5 Å². The minimum absolute atomic E-state index is 0.262. The van der Waals surface area contributed by atoms with Crippen LogP contribution in [0.3, 0.4) is 0 Å². The predicted octanol–water partition coefficient (Wildman–Crippen LogP) is 2.62. The van der Waals surface area contributed by atoms with Crippen molar-refractivity contribution in [1.82, 2.24) is 4.98 Å². The van der Waals surface area contributed by atoms with Crippen LogP contribution in [-0.2, 0) is 0 Å². The third-order valence-electron chi connectivity index (χ3n) is 4.40. The van der Waals surface area contributed by atoms with E-state index < -0.39 is 11.9 Å². The number of imide groups is 1. The number of hydrogen-bond acceptors (Lipinski definition) is 5. The molecule has 27 heavy (non-hydrogen) atoms. The molecule has 1 aliphatic rings. The van der Waals surface area contributed by atoms with Gasteiger partial charge in [0, 0.05) is 14.1 Å². The van der Waals surface area contributed by atoms with Gasteiger partial charge in [0.05, 0.1) is 6.61 Å². The van der Waals surface area contributed by atoms with Crippen LogP contribution in [-0.4, -0.2) is 37.6 Å². The molecule has 136 valence electrons. The van der Waals surface area contributed by atoms with E-state index in [1.165, 1.54) is 9.47 Å². The van der Waals surface area contributed by atoms with E-state index in [4.69, 9.17) is 4.74 Å². The van der Waals surface area contributed by atoms with Crippen LogP contribution in [0.25, 0.3) is 11.0 Å². The maximum absolute atomic E-state index is 13.2. The minimum atomic E-state index is -0.416. The molecule has 0 fully saturated rings. The Bertz CT molecular complexity index is 1060. The van der Waals surface area contributed by atoms with E-state index in [1.807, 2.05) is 25.1 Å². The molecule has 3 aromatic rings. The number of carbonyl (C=O) groups excluding carboxylic acids is 2. The number of ether oxygens (including phenoxy) is 1. The molecule has 2 aromatic carbocycles. The average Bonchev–Trinajstić information content (AvgIpc) is 2.93. The first kappa shape index (κ1) is 17.0. The van der Waals surface area contributed by atoms with E-state index in [-0.39, 0.29) is 5.69 Å². The zero-order valence-corrected chi connectivity index (χ0v) is 15.3. The Hall–Kier alpha value is -3.48. The molecule has 7 nitrogen and oxygen atoms in total. The highest BCUT2D eigenvalue weighted by molar-refractivity contribution is 6.23. The molecule has 0 radical (unpaired) electrons. The molecule has 0 aliphatic carbocycles. The normalized spacial score (nSPS) is 13.2. The van der Waals surface area contributed by atoms with Gasteiger partial charge in [-0.2, -0.15) is 4.79 Å². The molecule has 4 rings (SSSR count). The Kier molecular flexibility index (Phi) is 3.99. The molecule has 0 N–H and O–H groups in total. The lowest BCUT2D eigenvalue weighted by molar-refractivity contribution is -0.537. The van der Waals surface area contributed by atoms with Gasteiger partial charge in [-0.15, -0.1) is 9.47 Å². The highest BCUT2D eigenvalue weighted by Gasteiger charge is 2.50. The van der Waals surface area contributed by atoms with Gasteiger partial charge in [-0.25, -0.2) is 9.78 Å². The van der Waals surface area contributed by atoms with Gasteiger partial charge in [0.25, 0.3) is 5.69 Å². The number of rotatable bonds is 4. The van der Waals surface area contributed by atoms with Crippen molar-refractivity contribution in [2.45, 2.75) is 6.92 Å². The maximum atomic E-state index is 13.2. The van der Waals surface area contributed by atoms with Crippen LogP contribution in [0, 0.1) is 0 Å². The van der Waals surface area contributed by atoms with Crippen molar-refractivity contribution < 1.29 is 18.9 Å². The second-order valence-corrected chi connectivity index (χ2v) is 6.35. The van der Waals surface area contributed by atoms with Gasteiger partial charge in [-0.05, 0) is 43.3 Å². The first-order chi connectivity index (χ1) is 13.0. The lowest BCUT2D eigenvalue weighted by atomic mass is 10.2. The summed E-state index contributed by atoms with van der Waals surface area (Å²) in [6.45, 7) is 2.45. The highest BCUT2D eigenvalue weighted by atomic mass is 16.5. The van der Waals surface area contributed by atoms with E-state index in [1.54, 1.807) is 49.3 Å². The zero-order chi connectivity index (χ0) is 19.1. The van der Waals surface area contributed by atoms with Crippen molar-refractivity contribution in [1.29, 1.82) is 0 Å². The number of fused-ring (bicyclic) bond motifs is 3. The van der Waals surface area contributed by atoms with Crippen LogP contribution in [0.4, 0.5) is 16.3 Å². The Morgan fingerprint density at radius 3 is 2.44 bits per heavy atom. The number of carbonyl (C=O) groups is 2. The Morgan fingerprint density at radius 2 is 1.78 bits per heavy atom. The summed E-state index contributed by atoms with van der Waals surface area (Å²) in [6.07, 6.45) is 0. The quantitative estimate of drug-likeness (QED) is 0.667. The Morgan fingerprint density at radius 1 is 1.07 bits per heavy atom. The van der Waals surface area contributed by atoms with Crippen molar-refractivity contribution in [3.05, 3.63) is 54.2 Å². The SMILES string of the molecule is CCOc1ccc(N2C(=O)c3c(N(C)C)nc4ccccc4[n+]3C2=O)cc1. The summed E-state index contributed by atoms with van der Waals surface area (Å²) in [5.41, 5.74) is 2.01. The van der Waals surface area contributed by atoms with Crippen LogP contribution < -0.4 is 19.1 Å². The molecule has 1 aromatic heterocycles. The fraction of sp³-hybridized carbons (Fsp3) is 0.200. The minimum Gasteiger partial charge on any atom is -0.494 e. The van der Waals surface area contributed by atoms with Gasteiger partial charge >= 0.3 is 11.9 Å². The van der Waals surface area contributed by atoms with Crippen molar-refractivity contribution in [3.63, 3.8) is 0 Å². The monoisotopic (exact) mass is 363 g/mol. The van der Waals surface area contributed by atoms with Crippen molar-refractivity contribution in [2.24, 2.45) is 0 Å². The van der Waals surface area contributed by atoms with Gasteiger partial charge < -0.3 is 9.64 Å². The largest absolute Gasteiger partial charge is 0.512 e. The van der Waals surface area contributed by atoms with Crippen molar-refractivity contribution >= 4 is 34.5 Å². The maximum Gasteiger partial charge on any atom is 0.512 e. The number of benzene rings is 2. The number of hydrogen-bond donors (Lipinski definition) is 0. The molecule has 0 bridgehead atoms. The van der Waals surface area contributed by atoms with Crippen LogP contribution >= 0.6 is 0 Å². The number of aromatic nitrogens is 2. The number of para-hydroxylation sites is 2. The molecular formula is C20H19N4O3+. The molecule has 0 atom stereocenters. The molecule has 0 saturated carbocycles. The van der Waals surface area contributed by atoms with E-state index in [9.17, 15) is 9.59 Å². The van der Waals surface area contributed by atoms with E-state index in [0.29, 0.717) is 34.9 Å². The molecule has 2 amide bonds. The van der Waals surface area contributed by atoms with Crippen LogP contribution in [0.5, 0.6) is 5.75 Å². The van der Waals surface area contributed by atoms with E-state index in [0.717, 1.165) is 0 Å². The summed E-state index contributed by atoms with van der Waals surface area (Å²) in [5.74, 6) is 0.748. The second-order valence-electron chi connectivity index (χ2n) is 6.35. The topological polar surface area (TPSA) is 66.6 Å². The highest BCUT2D eigenvalue weighted by Crippen LogP contribution is 2.28. The average molecular weight is 363 g/mol. The second kappa shape index (κ2) is 6.35. The number of amides is 2. The predicted molar refractivity (Wildman–Crippen MR) is 101 cm³/mol. The Balaban J connectivity index is 1.89. The first-order valence-corrected chi connectivity index (χ1v) is 8.66. The smallest absolute Gasteiger partial charge is 0.494 e. The fourth-order valence-corrected chi connectivity index (χ4v) is 3.22. The number of anilines is 2. The van der Waals surface area contributed by atoms with Crippen molar-refractivity contribution in [3.8, 4) is 5.75 Å². The van der Waals surface area contributed by atoms with E-state index in [2.05, 4.69) is 4.98 Å². The lowest BCUT2D eigenvalue weighted by Gasteiger charge is -2.12. The standard InChI is InChI=1S/C20H19N4O3/c1-4-27-14-11-9-13(10-12-14)23-19(25)17-18(22(2)3)21-15-7-5-6-8-16(15)24(17)20(23)26/h5-12H,4H2,1-3H3/q+1. The van der Waals surface area contributed by atoms with E-state index >= 15 is 0 Å². The summed E-state index contributed by atoms with van der Waals surface area (Å²) in [6, 6.07) is 13.8. The number of nitrogens with zero attached hydrogens (tertiary/aromatic N) is 4. The van der Waals surface area contributed by atoms with Gasteiger partial charge in [0.1, 0.15) is 17.0 Å². The summed E-state index contributed by atoms with van der Waals surface area (Å²) < 4.78 is 6.88. The summed E-state index contributed by atoms with van der Waals surface area (Å²) in [7, 11) is 3.60. The van der Waals surface area contributed by atoms with Crippen LogP contribution in [0.2, 0.25) is 0 Å². The summed E-state index contributed by atoms with van der Waals surface area (Å²) in [5, 5.41) is 0. The zero-order valence-electron chi connectivity index (χ0n) is 15.3. The van der Waals surface area contributed by atoms with Gasteiger partial charge in [0.15, 0.2) is 11.3 Å². The Labute approximate surface area is 156 Å². The summed E-state index contributed by atoms with van der Waals surface area (Å²) in [4.78, 5) is 33.9. The third kappa shape index (κ3) is 2.59. The van der Waals surface area contributed by atoms with Gasteiger partial charge in [-0.3, -0.25) is 0 Å². The third-order valence-corrected chi connectivity index (χ3v) is 4.40. The molecular weight excluding hydrogens is 344 g/mol. The summed E-state index contributed by atoms with van der Waals surface area (Å²) >= 11 is 0. The molecule has 0 saturated heterocycles. The lowest BCUT2D eigenvalue weighted by Crippen LogP contribution is -2.47. The molecule has 2 heterocycles.